The second-order valence-electron chi connectivity index (χ2n) is 17.2. The summed E-state index contributed by atoms with van der Waals surface area (Å²) >= 11 is 0. The molecule has 0 fully saturated rings. The Labute approximate surface area is 393 Å². The SMILES string of the molecule is c1ccc(-c2cccc(-c3ccc(-c4nc(-c5ccccc5)nc(-n5c6ccccc6c6ccc7c8ccccc8n(-c8cc(-c9ccccc9)ccc8-c8ccccc8)c7c65)n4)cc3)c2)cc1. The average molecular weight is 868 g/mol. The number of nitrogens with zero attached hydrogens (tertiary/aromatic N) is 5. The highest BCUT2D eigenvalue weighted by molar-refractivity contribution is 6.24. The number of para-hydroxylation sites is 2. The molecule has 5 heteroatoms. The number of benzene rings is 10. The minimum Gasteiger partial charge on any atom is -0.307 e. The first-order valence-corrected chi connectivity index (χ1v) is 23.0. The topological polar surface area (TPSA) is 48.5 Å². The molecular weight excluding hydrogens is 827 g/mol. The van der Waals surface area contributed by atoms with E-state index in [0.717, 1.165) is 88.4 Å². The molecule has 3 aromatic heterocycles. The fourth-order valence-corrected chi connectivity index (χ4v) is 9.98. The molecule has 0 unspecified atom stereocenters. The van der Waals surface area contributed by atoms with Crippen LogP contribution in [0.2, 0.25) is 0 Å². The molecule has 0 spiro atoms. The van der Waals surface area contributed by atoms with Crippen molar-refractivity contribution in [2.24, 2.45) is 0 Å². The molecule has 0 aliphatic carbocycles. The molecule has 0 aliphatic rings. The summed E-state index contributed by atoms with van der Waals surface area (Å²) in [7, 11) is 0. The lowest BCUT2D eigenvalue weighted by molar-refractivity contribution is 0.953. The Hall–Kier alpha value is -9.19. The Balaban J connectivity index is 1.08. The summed E-state index contributed by atoms with van der Waals surface area (Å²) in [5.41, 5.74) is 16.3. The van der Waals surface area contributed by atoms with Gasteiger partial charge < -0.3 is 4.57 Å². The largest absolute Gasteiger partial charge is 0.307 e. The van der Waals surface area contributed by atoms with Crippen molar-refractivity contribution in [3.05, 3.63) is 249 Å². The van der Waals surface area contributed by atoms with E-state index in [1.54, 1.807) is 0 Å². The predicted octanol–water partition coefficient (Wildman–Crippen LogP) is 16.1. The molecule has 10 aromatic carbocycles. The summed E-state index contributed by atoms with van der Waals surface area (Å²) in [4.78, 5) is 16.0. The van der Waals surface area contributed by atoms with Crippen molar-refractivity contribution in [1.82, 2.24) is 24.1 Å². The van der Waals surface area contributed by atoms with Crippen LogP contribution in [0.3, 0.4) is 0 Å². The zero-order valence-electron chi connectivity index (χ0n) is 36.9. The highest BCUT2D eigenvalue weighted by atomic mass is 15.2. The summed E-state index contributed by atoms with van der Waals surface area (Å²) < 4.78 is 4.75. The summed E-state index contributed by atoms with van der Waals surface area (Å²) in [6.07, 6.45) is 0. The van der Waals surface area contributed by atoms with Crippen LogP contribution in [-0.4, -0.2) is 24.1 Å². The Morgan fingerprint density at radius 1 is 0.250 bits per heavy atom. The van der Waals surface area contributed by atoms with Crippen molar-refractivity contribution < 1.29 is 0 Å². The maximum Gasteiger partial charge on any atom is 0.238 e. The molecular formula is C63H41N5. The molecule has 0 amide bonds. The molecule has 13 aromatic rings. The maximum atomic E-state index is 5.44. The molecule has 5 nitrogen and oxygen atoms in total. The summed E-state index contributed by atoms with van der Waals surface area (Å²) in [6.45, 7) is 0. The smallest absolute Gasteiger partial charge is 0.238 e. The number of hydrogen-bond acceptors (Lipinski definition) is 3. The number of fused-ring (bicyclic) bond motifs is 7. The van der Waals surface area contributed by atoms with Gasteiger partial charge >= 0.3 is 0 Å². The Morgan fingerprint density at radius 3 is 1.22 bits per heavy atom. The predicted molar refractivity (Wildman–Crippen MR) is 281 cm³/mol. The van der Waals surface area contributed by atoms with Crippen LogP contribution in [0.1, 0.15) is 0 Å². The van der Waals surface area contributed by atoms with Gasteiger partial charge in [0.25, 0.3) is 0 Å². The van der Waals surface area contributed by atoms with E-state index in [1.165, 1.54) is 16.5 Å². The molecule has 0 saturated heterocycles. The van der Waals surface area contributed by atoms with Gasteiger partial charge in [-0.3, -0.25) is 4.57 Å². The van der Waals surface area contributed by atoms with Gasteiger partial charge in [-0.25, -0.2) is 4.98 Å². The van der Waals surface area contributed by atoms with E-state index >= 15 is 0 Å². The van der Waals surface area contributed by atoms with Crippen LogP contribution < -0.4 is 0 Å². The molecule has 0 atom stereocenters. The van der Waals surface area contributed by atoms with Crippen molar-refractivity contribution in [1.29, 1.82) is 0 Å². The molecule has 3 heterocycles. The Kier molecular flexibility index (Phi) is 9.43. The summed E-state index contributed by atoms with van der Waals surface area (Å²) in [6, 6.07) is 88.2. The van der Waals surface area contributed by atoms with Gasteiger partial charge in [-0.1, -0.05) is 224 Å². The van der Waals surface area contributed by atoms with Crippen molar-refractivity contribution in [2.45, 2.75) is 0 Å². The van der Waals surface area contributed by atoms with Crippen LogP contribution in [0.4, 0.5) is 0 Å². The highest BCUT2D eigenvalue weighted by Crippen LogP contribution is 2.44. The van der Waals surface area contributed by atoms with Crippen molar-refractivity contribution in [3.8, 4) is 78.9 Å². The standard InChI is InChI=1S/C63H41N5/c1-5-18-42(19-6-1)48-26-17-27-49(40-48)44-32-34-47(35-33-44)62-64-61(46-24-11-4-12-25-46)65-63(66-62)68-57-31-16-14-29-53(57)55-39-38-54-52-28-13-15-30-56(52)67(59(54)60(55)68)58-41-50(43-20-7-2-8-21-43)36-37-51(58)45-22-9-3-10-23-45/h1-41H. The van der Waals surface area contributed by atoms with Crippen molar-refractivity contribution in [2.75, 3.05) is 0 Å². The minimum absolute atomic E-state index is 0.547. The van der Waals surface area contributed by atoms with E-state index in [1.807, 2.05) is 18.2 Å². The number of aromatic nitrogens is 5. The van der Waals surface area contributed by atoms with Gasteiger partial charge in [0.1, 0.15) is 0 Å². The molecule has 68 heavy (non-hydrogen) atoms. The zero-order valence-corrected chi connectivity index (χ0v) is 36.9. The van der Waals surface area contributed by atoms with Gasteiger partial charge in [-0.05, 0) is 63.2 Å². The lowest BCUT2D eigenvalue weighted by atomic mass is 9.98. The van der Waals surface area contributed by atoms with Crippen LogP contribution in [0.5, 0.6) is 0 Å². The van der Waals surface area contributed by atoms with E-state index in [2.05, 4.69) is 240 Å². The van der Waals surface area contributed by atoms with E-state index in [0.29, 0.717) is 17.6 Å². The molecule has 13 rings (SSSR count). The van der Waals surface area contributed by atoms with Crippen LogP contribution >= 0.6 is 0 Å². The number of rotatable bonds is 8. The minimum atomic E-state index is 0.547. The quantitative estimate of drug-likeness (QED) is 0.153. The molecule has 0 N–H and O–H groups in total. The van der Waals surface area contributed by atoms with Gasteiger partial charge in [-0.2, -0.15) is 9.97 Å². The van der Waals surface area contributed by atoms with Crippen LogP contribution in [-0.2, 0) is 0 Å². The second-order valence-corrected chi connectivity index (χ2v) is 17.2. The highest BCUT2D eigenvalue weighted by Gasteiger charge is 2.25. The molecule has 0 bridgehead atoms. The van der Waals surface area contributed by atoms with E-state index in [9.17, 15) is 0 Å². The van der Waals surface area contributed by atoms with Gasteiger partial charge in [0.15, 0.2) is 11.6 Å². The monoisotopic (exact) mass is 867 g/mol. The van der Waals surface area contributed by atoms with Crippen molar-refractivity contribution >= 4 is 43.6 Å². The van der Waals surface area contributed by atoms with E-state index in [-0.39, 0.29) is 0 Å². The summed E-state index contributed by atoms with van der Waals surface area (Å²) in [5.74, 6) is 1.75. The van der Waals surface area contributed by atoms with Crippen molar-refractivity contribution in [3.63, 3.8) is 0 Å². The number of hydrogen-bond donors (Lipinski definition) is 0. The van der Waals surface area contributed by atoms with Gasteiger partial charge in [0, 0.05) is 38.2 Å². The third-order valence-electron chi connectivity index (χ3n) is 13.2. The first-order valence-electron chi connectivity index (χ1n) is 23.0. The molecule has 0 radical (unpaired) electrons. The molecule has 0 saturated carbocycles. The maximum absolute atomic E-state index is 5.44. The Morgan fingerprint density at radius 2 is 0.647 bits per heavy atom. The van der Waals surface area contributed by atoms with Crippen LogP contribution in [0.25, 0.3) is 123 Å². The first kappa shape index (κ1) is 39.2. The van der Waals surface area contributed by atoms with E-state index in [4.69, 9.17) is 15.0 Å². The first-order chi connectivity index (χ1) is 33.7. The normalized spacial score (nSPS) is 11.5. The average Bonchev–Trinajstić information content (AvgIpc) is 3.95. The Bertz CT molecular complexity index is 3990. The zero-order chi connectivity index (χ0) is 45.0. The molecule has 0 aliphatic heterocycles. The third-order valence-corrected chi connectivity index (χ3v) is 13.2. The van der Waals surface area contributed by atoms with Gasteiger partial charge in [0.2, 0.25) is 5.95 Å². The third kappa shape index (κ3) is 6.68. The van der Waals surface area contributed by atoms with E-state index < -0.39 is 0 Å². The lowest BCUT2D eigenvalue weighted by Crippen LogP contribution is -2.07. The second kappa shape index (κ2) is 16.4. The van der Waals surface area contributed by atoms with Gasteiger partial charge in [-0.15, -0.1) is 0 Å². The van der Waals surface area contributed by atoms with Crippen LogP contribution in [0, 0.1) is 0 Å². The summed E-state index contributed by atoms with van der Waals surface area (Å²) in [5, 5.41) is 4.54. The fraction of sp³-hybridized carbons (Fsp3) is 0. The molecule has 318 valence electrons. The van der Waals surface area contributed by atoms with Gasteiger partial charge in [0.05, 0.1) is 27.8 Å². The lowest BCUT2D eigenvalue weighted by Gasteiger charge is -2.17. The van der Waals surface area contributed by atoms with Crippen LogP contribution in [0.15, 0.2) is 249 Å². The fourth-order valence-electron chi connectivity index (χ4n) is 9.98.